The first-order valence-electron chi connectivity index (χ1n) is 8.50. The quantitative estimate of drug-likeness (QED) is 0.830. The lowest BCUT2D eigenvalue weighted by molar-refractivity contribution is -0.132. The highest BCUT2D eigenvalue weighted by atomic mass is 16.2. The van der Waals surface area contributed by atoms with Crippen LogP contribution in [0.4, 0.5) is 0 Å². The van der Waals surface area contributed by atoms with Gasteiger partial charge < -0.3 is 9.80 Å². The van der Waals surface area contributed by atoms with Crippen LogP contribution in [0.15, 0.2) is 30.3 Å². The molecule has 0 radical (unpaired) electrons. The Morgan fingerprint density at radius 1 is 1.00 bits per heavy atom. The first-order chi connectivity index (χ1) is 11.2. The minimum Gasteiger partial charge on any atom is -0.342 e. The van der Waals surface area contributed by atoms with Gasteiger partial charge in [0.2, 0.25) is 5.91 Å². The number of rotatable bonds is 5. The molecule has 0 N–H and O–H groups in total. The standard InChI is InChI=1S/C18H27N3O2/c1-3-20(4-2)17(22)15-19-11-8-12-21(14-13-19)18(23)16-9-6-5-7-10-16/h5-7,9-10H,3-4,8,11-15H2,1-2H3. The Bertz CT molecular complexity index is 514. The second kappa shape index (κ2) is 8.67. The molecule has 1 aromatic carbocycles. The van der Waals surface area contributed by atoms with E-state index in [1.165, 1.54) is 0 Å². The molecule has 2 rings (SSSR count). The minimum absolute atomic E-state index is 0.0857. The van der Waals surface area contributed by atoms with E-state index in [4.69, 9.17) is 0 Å². The van der Waals surface area contributed by atoms with Gasteiger partial charge in [0.15, 0.2) is 0 Å². The summed E-state index contributed by atoms with van der Waals surface area (Å²) in [4.78, 5) is 30.7. The average Bonchev–Trinajstić information content (AvgIpc) is 2.82. The summed E-state index contributed by atoms with van der Waals surface area (Å²) in [6.45, 7) is 9.02. The van der Waals surface area contributed by atoms with E-state index >= 15 is 0 Å². The van der Waals surface area contributed by atoms with Crippen LogP contribution in [0.25, 0.3) is 0 Å². The van der Waals surface area contributed by atoms with Crippen molar-refractivity contribution in [3.8, 4) is 0 Å². The Balaban J connectivity index is 1.90. The van der Waals surface area contributed by atoms with Crippen molar-refractivity contribution in [2.75, 3.05) is 45.8 Å². The van der Waals surface area contributed by atoms with Gasteiger partial charge in [0, 0.05) is 44.8 Å². The summed E-state index contributed by atoms with van der Waals surface area (Å²) in [5, 5.41) is 0. The molecule has 0 aliphatic carbocycles. The molecule has 1 aromatic rings. The first kappa shape index (κ1) is 17.5. The van der Waals surface area contributed by atoms with E-state index in [1.54, 1.807) is 0 Å². The number of hydrogen-bond donors (Lipinski definition) is 0. The van der Waals surface area contributed by atoms with E-state index in [1.807, 2.05) is 54.0 Å². The number of carbonyl (C=O) groups is 2. The lowest BCUT2D eigenvalue weighted by atomic mass is 10.2. The molecule has 126 valence electrons. The third kappa shape index (κ3) is 4.79. The molecule has 0 atom stereocenters. The lowest BCUT2D eigenvalue weighted by Gasteiger charge is -2.25. The lowest BCUT2D eigenvalue weighted by Crippen LogP contribution is -2.42. The Morgan fingerprint density at radius 3 is 2.35 bits per heavy atom. The Hall–Kier alpha value is -1.88. The molecule has 2 amide bonds. The van der Waals surface area contributed by atoms with Crippen molar-refractivity contribution in [1.82, 2.24) is 14.7 Å². The topological polar surface area (TPSA) is 43.9 Å². The number of benzene rings is 1. The molecular formula is C18H27N3O2. The van der Waals surface area contributed by atoms with Gasteiger partial charge in [0.1, 0.15) is 0 Å². The van der Waals surface area contributed by atoms with Crippen LogP contribution in [-0.2, 0) is 4.79 Å². The van der Waals surface area contributed by atoms with Crippen molar-refractivity contribution in [3.05, 3.63) is 35.9 Å². The third-order valence-electron chi connectivity index (χ3n) is 4.37. The van der Waals surface area contributed by atoms with Gasteiger partial charge in [-0.15, -0.1) is 0 Å². The van der Waals surface area contributed by atoms with Crippen molar-refractivity contribution < 1.29 is 9.59 Å². The van der Waals surface area contributed by atoms with Gasteiger partial charge in [-0.25, -0.2) is 0 Å². The largest absolute Gasteiger partial charge is 0.342 e. The summed E-state index contributed by atoms with van der Waals surface area (Å²) in [5.41, 5.74) is 0.736. The van der Waals surface area contributed by atoms with Gasteiger partial charge in [-0.2, -0.15) is 0 Å². The summed E-state index contributed by atoms with van der Waals surface area (Å²) < 4.78 is 0. The van der Waals surface area contributed by atoms with E-state index in [9.17, 15) is 9.59 Å². The van der Waals surface area contributed by atoms with Crippen LogP contribution in [0, 0.1) is 0 Å². The molecule has 5 nitrogen and oxygen atoms in total. The molecule has 5 heteroatoms. The molecular weight excluding hydrogens is 290 g/mol. The monoisotopic (exact) mass is 317 g/mol. The van der Waals surface area contributed by atoms with E-state index in [0.717, 1.165) is 44.7 Å². The molecule has 1 heterocycles. The van der Waals surface area contributed by atoms with Gasteiger partial charge in [0.05, 0.1) is 6.54 Å². The van der Waals surface area contributed by atoms with Crippen molar-refractivity contribution in [3.63, 3.8) is 0 Å². The van der Waals surface area contributed by atoms with Gasteiger partial charge >= 0.3 is 0 Å². The van der Waals surface area contributed by atoms with Crippen molar-refractivity contribution in [1.29, 1.82) is 0 Å². The van der Waals surface area contributed by atoms with E-state index in [-0.39, 0.29) is 11.8 Å². The molecule has 1 aliphatic heterocycles. The third-order valence-corrected chi connectivity index (χ3v) is 4.37. The van der Waals surface area contributed by atoms with Gasteiger partial charge in [-0.1, -0.05) is 18.2 Å². The molecule has 1 aliphatic rings. The molecule has 0 unspecified atom stereocenters. The molecule has 1 fully saturated rings. The zero-order valence-electron chi connectivity index (χ0n) is 14.2. The van der Waals surface area contributed by atoms with E-state index < -0.39 is 0 Å². The highest BCUT2D eigenvalue weighted by molar-refractivity contribution is 5.94. The van der Waals surface area contributed by atoms with Crippen LogP contribution >= 0.6 is 0 Å². The summed E-state index contributed by atoms with van der Waals surface area (Å²) in [6.07, 6.45) is 0.907. The van der Waals surface area contributed by atoms with Crippen LogP contribution < -0.4 is 0 Å². The van der Waals surface area contributed by atoms with Gasteiger partial charge in [-0.05, 0) is 32.4 Å². The predicted octanol–water partition coefficient (Wildman–Crippen LogP) is 1.70. The van der Waals surface area contributed by atoms with Crippen LogP contribution in [0.3, 0.4) is 0 Å². The molecule has 0 spiro atoms. The van der Waals surface area contributed by atoms with Crippen LogP contribution in [0.1, 0.15) is 30.6 Å². The fraction of sp³-hybridized carbons (Fsp3) is 0.556. The molecule has 0 saturated carbocycles. The number of hydrogen-bond acceptors (Lipinski definition) is 3. The number of likely N-dealkylation sites (N-methyl/N-ethyl adjacent to an activating group) is 1. The minimum atomic E-state index is 0.0857. The molecule has 0 bridgehead atoms. The second-order valence-electron chi connectivity index (χ2n) is 5.85. The van der Waals surface area contributed by atoms with Crippen molar-refractivity contribution in [2.24, 2.45) is 0 Å². The molecule has 1 saturated heterocycles. The normalized spacial score (nSPS) is 16.0. The summed E-state index contributed by atoms with van der Waals surface area (Å²) in [6, 6.07) is 9.41. The zero-order valence-corrected chi connectivity index (χ0v) is 14.2. The predicted molar refractivity (Wildman–Crippen MR) is 91.3 cm³/mol. The molecule has 0 aromatic heterocycles. The number of carbonyl (C=O) groups excluding carboxylic acids is 2. The number of nitrogens with zero attached hydrogens (tertiary/aromatic N) is 3. The first-order valence-corrected chi connectivity index (χ1v) is 8.50. The van der Waals surface area contributed by atoms with Crippen LogP contribution in [0.2, 0.25) is 0 Å². The average molecular weight is 317 g/mol. The summed E-state index contributed by atoms with van der Waals surface area (Å²) >= 11 is 0. The van der Waals surface area contributed by atoms with E-state index in [0.29, 0.717) is 13.1 Å². The highest BCUT2D eigenvalue weighted by Crippen LogP contribution is 2.09. The summed E-state index contributed by atoms with van der Waals surface area (Å²) in [5.74, 6) is 0.264. The highest BCUT2D eigenvalue weighted by Gasteiger charge is 2.22. The molecule has 23 heavy (non-hydrogen) atoms. The fourth-order valence-electron chi connectivity index (χ4n) is 2.96. The van der Waals surface area contributed by atoms with Crippen molar-refractivity contribution in [2.45, 2.75) is 20.3 Å². The van der Waals surface area contributed by atoms with E-state index in [2.05, 4.69) is 4.90 Å². The maximum atomic E-state index is 12.5. The SMILES string of the molecule is CCN(CC)C(=O)CN1CCCN(C(=O)c2ccccc2)CC1. The Morgan fingerprint density at radius 2 is 1.70 bits per heavy atom. The number of amides is 2. The Labute approximate surface area is 138 Å². The zero-order chi connectivity index (χ0) is 16.7. The van der Waals surface area contributed by atoms with Crippen LogP contribution in [0.5, 0.6) is 0 Å². The summed E-state index contributed by atoms with van der Waals surface area (Å²) in [7, 11) is 0. The van der Waals surface area contributed by atoms with Crippen molar-refractivity contribution >= 4 is 11.8 Å². The maximum Gasteiger partial charge on any atom is 0.253 e. The van der Waals surface area contributed by atoms with Gasteiger partial charge in [-0.3, -0.25) is 14.5 Å². The van der Waals surface area contributed by atoms with Gasteiger partial charge in [0.25, 0.3) is 5.91 Å². The smallest absolute Gasteiger partial charge is 0.253 e. The second-order valence-corrected chi connectivity index (χ2v) is 5.85. The Kier molecular flexibility index (Phi) is 6.59. The fourth-order valence-corrected chi connectivity index (χ4v) is 2.96. The maximum absolute atomic E-state index is 12.5. The van der Waals surface area contributed by atoms with Crippen LogP contribution in [-0.4, -0.2) is 72.3 Å².